The second-order valence-corrected chi connectivity index (χ2v) is 5.37. The average molecular weight is 235 g/mol. The lowest BCUT2D eigenvalue weighted by atomic mass is 10.1. The fourth-order valence-corrected chi connectivity index (χ4v) is 1.79. The molecule has 0 aromatic carbocycles. The van der Waals surface area contributed by atoms with Crippen molar-refractivity contribution in [3.63, 3.8) is 0 Å². The van der Waals surface area contributed by atoms with Crippen LogP contribution < -0.4 is 0 Å². The maximum absolute atomic E-state index is 4.12. The van der Waals surface area contributed by atoms with Crippen LogP contribution in [0.1, 0.15) is 59.1 Å². The fourth-order valence-electron chi connectivity index (χ4n) is 1.79. The number of aromatic nitrogens is 3. The molecule has 0 atom stereocenters. The molecular formula is C14H25N3. The van der Waals surface area contributed by atoms with Gasteiger partial charge in [-0.3, -0.25) is 4.68 Å². The first kappa shape index (κ1) is 13.9. The first-order valence-corrected chi connectivity index (χ1v) is 6.63. The molecule has 1 aromatic heterocycles. The van der Waals surface area contributed by atoms with E-state index in [1.165, 1.54) is 31.3 Å². The summed E-state index contributed by atoms with van der Waals surface area (Å²) in [5.74, 6) is 0.825. The summed E-state index contributed by atoms with van der Waals surface area (Å²) in [5.41, 5.74) is 2.22. The van der Waals surface area contributed by atoms with Gasteiger partial charge in [-0.1, -0.05) is 43.9 Å². The van der Waals surface area contributed by atoms with E-state index in [2.05, 4.69) is 44.1 Å². The summed E-state index contributed by atoms with van der Waals surface area (Å²) < 4.78 is 1.95. The highest BCUT2D eigenvalue weighted by Crippen LogP contribution is 2.09. The Morgan fingerprint density at radius 3 is 2.71 bits per heavy atom. The zero-order valence-electron chi connectivity index (χ0n) is 11.6. The van der Waals surface area contributed by atoms with E-state index in [4.69, 9.17) is 0 Å². The van der Waals surface area contributed by atoms with Gasteiger partial charge in [-0.2, -0.15) is 0 Å². The third-order valence-corrected chi connectivity index (χ3v) is 2.66. The van der Waals surface area contributed by atoms with Gasteiger partial charge in [-0.15, -0.1) is 5.10 Å². The lowest BCUT2D eigenvalue weighted by molar-refractivity contribution is 0.487. The maximum atomic E-state index is 4.12. The molecule has 0 aliphatic heterocycles. The lowest BCUT2D eigenvalue weighted by Crippen LogP contribution is -1.99. The van der Waals surface area contributed by atoms with Crippen molar-refractivity contribution >= 4 is 6.08 Å². The Kier molecular flexibility index (Phi) is 5.95. The standard InChI is InChI=1S/C14H25N3/c1-12(2)8-6-5-7-9-17-11-14(15-16-17)10-13(3)4/h10-12H,5-9H2,1-4H3. The third-order valence-electron chi connectivity index (χ3n) is 2.66. The fraction of sp³-hybridized carbons (Fsp3) is 0.714. The Bertz CT molecular complexity index is 346. The van der Waals surface area contributed by atoms with Gasteiger partial charge in [0.1, 0.15) is 5.69 Å². The molecule has 1 aromatic rings. The van der Waals surface area contributed by atoms with Gasteiger partial charge >= 0.3 is 0 Å². The van der Waals surface area contributed by atoms with Gasteiger partial charge in [0.15, 0.2) is 0 Å². The smallest absolute Gasteiger partial charge is 0.105 e. The van der Waals surface area contributed by atoms with E-state index in [1.807, 2.05) is 10.9 Å². The third kappa shape index (κ3) is 6.25. The van der Waals surface area contributed by atoms with Crippen LogP contribution in [-0.4, -0.2) is 15.0 Å². The number of hydrogen-bond donors (Lipinski definition) is 0. The Hall–Kier alpha value is -1.12. The van der Waals surface area contributed by atoms with Gasteiger partial charge in [0.25, 0.3) is 0 Å². The van der Waals surface area contributed by atoms with Crippen molar-refractivity contribution < 1.29 is 0 Å². The Morgan fingerprint density at radius 1 is 1.29 bits per heavy atom. The maximum Gasteiger partial charge on any atom is 0.105 e. The summed E-state index contributed by atoms with van der Waals surface area (Å²) in [6.07, 6.45) is 9.23. The highest BCUT2D eigenvalue weighted by atomic mass is 15.4. The zero-order valence-corrected chi connectivity index (χ0v) is 11.6. The summed E-state index contributed by atoms with van der Waals surface area (Å²) in [5, 5.41) is 8.24. The Labute approximate surface area is 105 Å². The molecule has 1 heterocycles. The summed E-state index contributed by atoms with van der Waals surface area (Å²) in [6, 6.07) is 0. The number of aryl methyl sites for hydroxylation is 1. The van der Waals surface area contributed by atoms with E-state index in [0.717, 1.165) is 18.2 Å². The summed E-state index contributed by atoms with van der Waals surface area (Å²) in [7, 11) is 0. The van der Waals surface area contributed by atoms with Crippen LogP contribution in [0.4, 0.5) is 0 Å². The van der Waals surface area contributed by atoms with Crippen molar-refractivity contribution in [1.82, 2.24) is 15.0 Å². The van der Waals surface area contributed by atoms with Crippen LogP contribution in [0.25, 0.3) is 6.08 Å². The van der Waals surface area contributed by atoms with Gasteiger partial charge in [-0.25, -0.2) is 0 Å². The topological polar surface area (TPSA) is 30.7 Å². The van der Waals surface area contributed by atoms with Gasteiger partial charge in [0.05, 0.1) is 6.20 Å². The van der Waals surface area contributed by atoms with Crippen LogP contribution in [0.5, 0.6) is 0 Å². The van der Waals surface area contributed by atoms with Crippen LogP contribution in [0.3, 0.4) is 0 Å². The van der Waals surface area contributed by atoms with Gasteiger partial charge < -0.3 is 0 Å². The van der Waals surface area contributed by atoms with E-state index in [9.17, 15) is 0 Å². The Morgan fingerprint density at radius 2 is 2.06 bits per heavy atom. The number of unbranched alkanes of at least 4 members (excludes halogenated alkanes) is 2. The minimum atomic E-state index is 0.825. The molecule has 0 N–H and O–H groups in total. The van der Waals surface area contributed by atoms with E-state index in [0.29, 0.717) is 0 Å². The quantitative estimate of drug-likeness (QED) is 0.671. The molecule has 0 radical (unpaired) electrons. The Balaban J connectivity index is 2.23. The molecule has 0 saturated heterocycles. The van der Waals surface area contributed by atoms with Crippen molar-refractivity contribution in [3.05, 3.63) is 17.5 Å². The van der Waals surface area contributed by atoms with Crippen molar-refractivity contribution in [2.45, 2.75) is 59.9 Å². The molecule has 0 amide bonds. The first-order valence-electron chi connectivity index (χ1n) is 6.63. The molecule has 0 bridgehead atoms. The highest BCUT2D eigenvalue weighted by Gasteiger charge is 1.98. The second-order valence-electron chi connectivity index (χ2n) is 5.37. The minimum Gasteiger partial charge on any atom is -0.252 e. The normalized spacial score (nSPS) is 10.9. The van der Waals surface area contributed by atoms with E-state index < -0.39 is 0 Å². The molecule has 1 rings (SSSR count). The van der Waals surface area contributed by atoms with Crippen LogP contribution >= 0.6 is 0 Å². The molecule has 0 saturated carbocycles. The average Bonchev–Trinajstić information content (AvgIpc) is 2.63. The van der Waals surface area contributed by atoms with Crippen molar-refractivity contribution in [3.8, 4) is 0 Å². The highest BCUT2D eigenvalue weighted by molar-refractivity contribution is 5.45. The van der Waals surface area contributed by atoms with Crippen molar-refractivity contribution in [1.29, 1.82) is 0 Å². The molecule has 3 heteroatoms. The van der Waals surface area contributed by atoms with E-state index in [-0.39, 0.29) is 0 Å². The summed E-state index contributed by atoms with van der Waals surface area (Å²) in [4.78, 5) is 0. The van der Waals surface area contributed by atoms with Gasteiger partial charge in [0, 0.05) is 6.54 Å². The molecule has 0 aliphatic rings. The van der Waals surface area contributed by atoms with Crippen LogP contribution in [-0.2, 0) is 6.54 Å². The monoisotopic (exact) mass is 235 g/mol. The number of nitrogens with zero attached hydrogens (tertiary/aromatic N) is 3. The number of rotatable bonds is 7. The molecular weight excluding hydrogens is 210 g/mol. The predicted octanol–water partition coefficient (Wildman–Crippen LogP) is 3.92. The molecule has 17 heavy (non-hydrogen) atoms. The van der Waals surface area contributed by atoms with Crippen molar-refractivity contribution in [2.75, 3.05) is 0 Å². The largest absolute Gasteiger partial charge is 0.252 e. The number of allylic oxidation sites excluding steroid dienone is 1. The van der Waals surface area contributed by atoms with E-state index in [1.54, 1.807) is 0 Å². The van der Waals surface area contributed by atoms with E-state index >= 15 is 0 Å². The minimum absolute atomic E-state index is 0.825. The molecule has 0 aliphatic carbocycles. The van der Waals surface area contributed by atoms with Crippen LogP contribution in [0.15, 0.2) is 11.8 Å². The van der Waals surface area contributed by atoms with Gasteiger partial charge in [-0.05, 0) is 32.3 Å². The molecule has 3 nitrogen and oxygen atoms in total. The predicted molar refractivity (Wildman–Crippen MR) is 72.7 cm³/mol. The first-order chi connectivity index (χ1) is 8.08. The SMILES string of the molecule is CC(C)=Cc1cn(CCCCCC(C)C)nn1. The zero-order chi connectivity index (χ0) is 12.7. The van der Waals surface area contributed by atoms with Crippen molar-refractivity contribution in [2.24, 2.45) is 5.92 Å². The summed E-state index contributed by atoms with van der Waals surface area (Å²) in [6.45, 7) is 9.70. The lowest BCUT2D eigenvalue weighted by Gasteiger charge is -2.03. The van der Waals surface area contributed by atoms with Crippen LogP contribution in [0, 0.1) is 5.92 Å². The molecule has 0 fully saturated rings. The molecule has 0 spiro atoms. The molecule has 96 valence electrons. The van der Waals surface area contributed by atoms with Crippen LogP contribution in [0.2, 0.25) is 0 Å². The number of hydrogen-bond acceptors (Lipinski definition) is 2. The second kappa shape index (κ2) is 7.25. The van der Waals surface area contributed by atoms with Gasteiger partial charge in [0.2, 0.25) is 0 Å². The summed E-state index contributed by atoms with van der Waals surface area (Å²) >= 11 is 0. The molecule has 0 unspecified atom stereocenters.